The molecule has 2 heteroatoms. The van der Waals surface area contributed by atoms with Crippen molar-refractivity contribution in [3.8, 4) is 17.4 Å². The molecular weight excluding hydrogens is 134 g/mol. The summed E-state index contributed by atoms with van der Waals surface area (Å²) < 4.78 is 0. The number of rotatable bonds is 1. The zero-order valence-corrected chi connectivity index (χ0v) is 5.39. The molecule has 0 unspecified atom stereocenters. The molecule has 0 rings (SSSR count). The maximum atomic E-state index is 7.99. The number of nitrogens with zero attached hydrogens (tertiary/aromatic N) is 1. The Hall–Kier alpha value is -1.18. The minimum absolute atomic E-state index is 1.35. The summed E-state index contributed by atoms with van der Waals surface area (Å²) >= 11 is 5.01. The van der Waals surface area contributed by atoms with Crippen LogP contribution in [0, 0.1) is 22.6 Å². The highest BCUT2D eigenvalue weighted by molar-refractivity contribution is 6.30. The van der Waals surface area contributed by atoms with Gasteiger partial charge in [-0.2, -0.15) is 5.26 Å². The van der Waals surface area contributed by atoms with Crippen LogP contribution in [-0.4, -0.2) is 0 Å². The number of halogens is 1. The van der Waals surface area contributed by atoms with Crippen molar-refractivity contribution in [2.75, 3.05) is 0 Å². The highest BCUT2D eigenvalue weighted by atomic mass is 35.5. The number of nitriles is 1. The van der Waals surface area contributed by atoms with Gasteiger partial charge in [-0.15, -0.1) is 0 Å². The van der Waals surface area contributed by atoms with Crippen molar-refractivity contribution in [2.45, 2.75) is 0 Å². The van der Waals surface area contributed by atoms with Crippen LogP contribution in [0.4, 0.5) is 0 Å². The van der Waals surface area contributed by atoms with E-state index in [2.05, 4.69) is 11.3 Å². The number of hydrogen-bond donors (Lipinski definition) is 0. The van der Waals surface area contributed by atoms with Crippen LogP contribution in [0.3, 0.4) is 0 Å². The van der Waals surface area contributed by atoms with Crippen LogP contribution in [0.5, 0.6) is 0 Å². The number of allylic oxidation sites excluding steroid dienone is 4. The topological polar surface area (TPSA) is 23.8 Å². The van der Waals surface area contributed by atoms with Gasteiger partial charge in [0, 0.05) is 11.5 Å². The lowest BCUT2D eigenvalue weighted by molar-refractivity contribution is 1.53. The van der Waals surface area contributed by atoms with E-state index in [-0.39, 0.29) is 0 Å². The molecule has 0 aliphatic rings. The van der Waals surface area contributed by atoms with Crippen molar-refractivity contribution in [1.29, 1.82) is 5.26 Å². The predicted molar refractivity (Wildman–Crippen MR) is 37.5 cm³/mol. The molecule has 0 spiro atoms. The van der Waals surface area contributed by atoms with Crippen LogP contribution in [0.2, 0.25) is 0 Å². The third-order valence-corrected chi connectivity index (χ3v) is 0.625. The Morgan fingerprint density at radius 3 is 2.44 bits per heavy atom. The first-order valence-corrected chi connectivity index (χ1v) is 2.62. The summed E-state index contributed by atoms with van der Waals surface area (Å²) in [5.41, 5.74) is 0. The van der Waals surface area contributed by atoms with Gasteiger partial charge in [-0.3, -0.25) is 0 Å². The van der Waals surface area contributed by atoms with Crippen molar-refractivity contribution in [3.05, 3.63) is 24.3 Å². The summed E-state index contributed by atoms with van der Waals surface area (Å²) in [6.07, 6.45) is 6.13. The van der Waals surface area contributed by atoms with E-state index in [1.54, 1.807) is 18.2 Å². The molecule has 0 heterocycles. The third-order valence-electron chi connectivity index (χ3n) is 0.516. The molecule has 0 aromatic heterocycles. The van der Waals surface area contributed by atoms with E-state index in [1.165, 1.54) is 6.08 Å². The van der Waals surface area contributed by atoms with Gasteiger partial charge in [0.05, 0.1) is 6.07 Å². The monoisotopic (exact) mass is 137 g/mol. The van der Waals surface area contributed by atoms with Crippen molar-refractivity contribution in [1.82, 2.24) is 0 Å². The molecule has 0 aromatic rings. The molecule has 0 atom stereocenters. The van der Waals surface area contributed by atoms with Gasteiger partial charge in [-0.25, -0.2) is 0 Å². The summed E-state index contributed by atoms with van der Waals surface area (Å²) in [6, 6.07) is 1.83. The predicted octanol–water partition coefficient (Wildman–Crippen LogP) is 1.82. The summed E-state index contributed by atoms with van der Waals surface area (Å²) in [5.74, 6) is 2.48. The molecule has 0 saturated heterocycles. The lowest BCUT2D eigenvalue weighted by Gasteiger charge is -1.62. The minimum Gasteiger partial charge on any atom is -0.193 e. The molecule has 0 N–H and O–H groups in total. The van der Waals surface area contributed by atoms with Crippen LogP contribution < -0.4 is 0 Å². The van der Waals surface area contributed by atoms with Crippen molar-refractivity contribution < 1.29 is 0 Å². The van der Waals surface area contributed by atoms with Gasteiger partial charge in [-0.1, -0.05) is 18.1 Å². The first kappa shape index (κ1) is 7.82. The van der Waals surface area contributed by atoms with Crippen molar-refractivity contribution in [3.63, 3.8) is 0 Å². The standard InChI is InChI=1S/C7H4ClN/c8-6-4-2-1-3-5-7-9/h1-3,5H/b2-1-,5-3+. The van der Waals surface area contributed by atoms with E-state index in [9.17, 15) is 0 Å². The SMILES string of the molecule is N#C/C=C/C=C\C#CCl. The summed E-state index contributed by atoms with van der Waals surface area (Å²) in [4.78, 5) is 0. The van der Waals surface area contributed by atoms with Gasteiger partial charge in [0.1, 0.15) is 0 Å². The van der Waals surface area contributed by atoms with Crippen LogP contribution in [0.25, 0.3) is 0 Å². The average Bonchev–Trinajstić information content (AvgIpc) is 1.89. The molecule has 9 heavy (non-hydrogen) atoms. The summed E-state index contributed by atoms with van der Waals surface area (Å²) in [6.45, 7) is 0. The highest BCUT2D eigenvalue weighted by Crippen LogP contribution is 1.74. The van der Waals surface area contributed by atoms with E-state index in [1.807, 2.05) is 6.07 Å². The quantitative estimate of drug-likeness (QED) is 0.307. The lowest BCUT2D eigenvalue weighted by Crippen LogP contribution is -1.47. The Labute approximate surface area is 59.2 Å². The second-order valence-electron chi connectivity index (χ2n) is 1.09. The molecule has 0 bridgehead atoms. The van der Waals surface area contributed by atoms with Crippen LogP contribution in [0.15, 0.2) is 24.3 Å². The summed E-state index contributed by atoms with van der Waals surface area (Å²) in [7, 11) is 0. The van der Waals surface area contributed by atoms with E-state index < -0.39 is 0 Å². The molecule has 1 nitrogen and oxygen atoms in total. The molecule has 0 aliphatic carbocycles. The summed E-state index contributed by atoms with van der Waals surface area (Å²) in [5, 5.41) is 10.2. The molecule has 0 saturated carbocycles. The molecule has 0 aromatic carbocycles. The number of hydrogen-bond acceptors (Lipinski definition) is 1. The van der Waals surface area contributed by atoms with Gasteiger partial charge in [0.25, 0.3) is 0 Å². The molecular formula is C7H4ClN. The van der Waals surface area contributed by atoms with Crippen LogP contribution in [0.1, 0.15) is 0 Å². The van der Waals surface area contributed by atoms with Gasteiger partial charge in [0.15, 0.2) is 0 Å². The first-order valence-electron chi connectivity index (χ1n) is 2.24. The zero-order valence-electron chi connectivity index (χ0n) is 4.63. The third kappa shape index (κ3) is 6.82. The average molecular weight is 138 g/mol. The van der Waals surface area contributed by atoms with Crippen LogP contribution in [-0.2, 0) is 0 Å². The molecule has 0 fully saturated rings. The second-order valence-corrected chi connectivity index (χ2v) is 1.28. The van der Waals surface area contributed by atoms with Crippen LogP contribution >= 0.6 is 11.6 Å². The smallest absolute Gasteiger partial charge is 0.0912 e. The lowest BCUT2D eigenvalue weighted by atomic mass is 10.4. The molecule has 0 amide bonds. The largest absolute Gasteiger partial charge is 0.193 e. The fourth-order valence-corrected chi connectivity index (χ4v) is 0.297. The maximum absolute atomic E-state index is 7.99. The highest BCUT2D eigenvalue weighted by Gasteiger charge is 1.58. The van der Waals surface area contributed by atoms with Crippen molar-refractivity contribution in [2.24, 2.45) is 0 Å². The zero-order chi connectivity index (χ0) is 6.95. The van der Waals surface area contributed by atoms with E-state index in [4.69, 9.17) is 16.9 Å². The van der Waals surface area contributed by atoms with E-state index in [0.29, 0.717) is 0 Å². The fourth-order valence-electron chi connectivity index (χ4n) is 0.234. The Kier molecular flexibility index (Phi) is 5.93. The van der Waals surface area contributed by atoms with Crippen molar-refractivity contribution >= 4 is 11.6 Å². The van der Waals surface area contributed by atoms with Gasteiger partial charge in [-0.05, 0) is 17.7 Å². The van der Waals surface area contributed by atoms with E-state index in [0.717, 1.165) is 0 Å². The first-order chi connectivity index (χ1) is 4.41. The Morgan fingerprint density at radius 1 is 1.22 bits per heavy atom. The fraction of sp³-hybridized carbons (Fsp3) is 0. The second kappa shape index (κ2) is 6.82. The maximum Gasteiger partial charge on any atom is 0.0912 e. The molecule has 0 aliphatic heterocycles. The molecule has 0 radical (unpaired) electrons. The minimum atomic E-state index is 1.35. The van der Waals surface area contributed by atoms with Gasteiger partial charge < -0.3 is 0 Å². The van der Waals surface area contributed by atoms with E-state index >= 15 is 0 Å². The van der Waals surface area contributed by atoms with Gasteiger partial charge in [0.2, 0.25) is 0 Å². The Balaban J connectivity index is 3.59. The Bertz CT molecular complexity index is 209. The Morgan fingerprint density at radius 2 is 1.89 bits per heavy atom. The normalized spacial score (nSPS) is 8.89. The molecule has 44 valence electrons. The van der Waals surface area contributed by atoms with Gasteiger partial charge >= 0.3 is 0 Å².